The van der Waals surface area contributed by atoms with E-state index in [-0.39, 0.29) is 5.92 Å². The summed E-state index contributed by atoms with van der Waals surface area (Å²) < 4.78 is 5.20. The summed E-state index contributed by atoms with van der Waals surface area (Å²) in [6.45, 7) is 0.842. The molecule has 0 heterocycles. The van der Waals surface area contributed by atoms with Gasteiger partial charge in [-0.2, -0.15) is 0 Å². The van der Waals surface area contributed by atoms with E-state index < -0.39 is 0 Å². The van der Waals surface area contributed by atoms with Gasteiger partial charge in [0, 0.05) is 12.5 Å². The van der Waals surface area contributed by atoms with Crippen LogP contribution in [0.25, 0.3) is 6.08 Å². The Balaban J connectivity index is 2.14. The molecule has 0 unspecified atom stereocenters. The largest absolute Gasteiger partial charge is 0.497 e. The Morgan fingerprint density at radius 2 is 2.21 bits per heavy atom. The van der Waals surface area contributed by atoms with Crippen LogP contribution in [0.2, 0.25) is 0 Å². The molecule has 0 N–H and O–H groups in total. The predicted molar refractivity (Wildman–Crippen MR) is 77.3 cm³/mol. The van der Waals surface area contributed by atoms with Gasteiger partial charge in [-0.1, -0.05) is 12.1 Å². The molecule has 0 aromatic heterocycles. The zero-order valence-electron chi connectivity index (χ0n) is 11.8. The van der Waals surface area contributed by atoms with E-state index in [1.807, 2.05) is 44.4 Å². The molecule has 0 saturated heterocycles. The molecule has 0 radical (unpaired) electrons. The molecule has 1 fully saturated rings. The minimum atomic E-state index is 0.159. The molecule has 2 rings (SSSR count). The number of ketones is 1. The number of carbonyl (C=O) groups is 1. The van der Waals surface area contributed by atoms with Crippen molar-refractivity contribution in [3.05, 3.63) is 35.4 Å². The van der Waals surface area contributed by atoms with Gasteiger partial charge in [-0.05, 0) is 56.3 Å². The van der Waals surface area contributed by atoms with Crippen LogP contribution >= 0.6 is 0 Å². The molecule has 3 nitrogen and oxygen atoms in total. The first-order valence-electron chi connectivity index (χ1n) is 6.63. The van der Waals surface area contributed by atoms with Gasteiger partial charge < -0.3 is 9.64 Å². The zero-order valence-corrected chi connectivity index (χ0v) is 11.8. The van der Waals surface area contributed by atoms with Crippen molar-refractivity contribution in [1.29, 1.82) is 0 Å². The second kappa shape index (κ2) is 6.02. The van der Waals surface area contributed by atoms with Crippen molar-refractivity contribution in [2.75, 3.05) is 27.7 Å². The lowest BCUT2D eigenvalue weighted by atomic mass is 10.0. The predicted octanol–water partition coefficient (Wildman–Crippen LogP) is 2.62. The number of ether oxygens (including phenoxy) is 1. The molecule has 0 bridgehead atoms. The molecular weight excluding hydrogens is 238 g/mol. The van der Waals surface area contributed by atoms with Crippen molar-refractivity contribution in [3.8, 4) is 5.75 Å². The molecule has 1 aromatic rings. The van der Waals surface area contributed by atoms with Crippen LogP contribution < -0.4 is 4.74 Å². The van der Waals surface area contributed by atoms with Crippen LogP contribution in [0.15, 0.2) is 29.8 Å². The number of rotatable bonds is 4. The standard InChI is InChI=1S/C16H21NO2/c1-17(2)11-14-8-7-13(16(14)18)9-12-5-4-6-15(10-12)19-3/h4-6,9-10,14H,7-8,11H2,1-3H3/b13-9-/t14-/m1/s1. The molecular formula is C16H21NO2. The van der Waals surface area contributed by atoms with Crippen LogP contribution in [0.5, 0.6) is 5.75 Å². The molecule has 0 aliphatic heterocycles. The molecule has 0 spiro atoms. The lowest BCUT2D eigenvalue weighted by molar-refractivity contribution is -0.118. The Morgan fingerprint density at radius 3 is 2.89 bits per heavy atom. The van der Waals surface area contributed by atoms with Gasteiger partial charge in [-0.25, -0.2) is 0 Å². The number of carbonyl (C=O) groups excluding carboxylic acids is 1. The van der Waals surface area contributed by atoms with Gasteiger partial charge in [-0.15, -0.1) is 0 Å². The Kier molecular flexibility index (Phi) is 4.38. The summed E-state index contributed by atoms with van der Waals surface area (Å²) in [4.78, 5) is 14.4. The summed E-state index contributed by atoms with van der Waals surface area (Å²) in [5, 5.41) is 0. The van der Waals surface area contributed by atoms with E-state index in [1.165, 1.54) is 0 Å². The van der Waals surface area contributed by atoms with Gasteiger partial charge in [-0.3, -0.25) is 4.79 Å². The number of Topliss-reactive ketones (excluding diaryl/α,β-unsaturated/α-hetero) is 1. The Hall–Kier alpha value is -1.61. The van der Waals surface area contributed by atoms with Crippen molar-refractivity contribution in [1.82, 2.24) is 4.90 Å². The lowest BCUT2D eigenvalue weighted by Crippen LogP contribution is -2.24. The van der Waals surface area contributed by atoms with Gasteiger partial charge >= 0.3 is 0 Å². The van der Waals surface area contributed by atoms with E-state index in [1.54, 1.807) is 7.11 Å². The minimum Gasteiger partial charge on any atom is -0.497 e. The van der Waals surface area contributed by atoms with Crippen molar-refractivity contribution >= 4 is 11.9 Å². The van der Waals surface area contributed by atoms with Crippen LogP contribution in [0.1, 0.15) is 18.4 Å². The molecule has 3 heteroatoms. The topological polar surface area (TPSA) is 29.5 Å². The van der Waals surface area contributed by atoms with E-state index >= 15 is 0 Å². The maximum Gasteiger partial charge on any atom is 0.163 e. The lowest BCUT2D eigenvalue weighted by Gasteiger charge is -2.13. The molecule has 1 atom stereocenters. The molecule has 0 amide bonds. The molecule has 102 valence electrons. The summed E-state index contributed by atoms with van der Waals surface area (Å²) in [5.41, 5.74) is 1.98. The SMILES string of the molecule is COc1cccc(/C=C2/CC[C@H](CN(C)C)C2=O)c1. The van der Waals surface area contributed by atoms with Crippen LogP contribution in [0.4, 0.5) is 0 Å². The van der Waals surface area contributed by atoms with Crippen LogP contribution in [0.3, 0.4) is 0 Å². The summed E-state index contributed by atoms with van der Waals surface area (Å²) in [7, 11) is 5.67. The van der Waals surface area contributed by atoms with Crippen molar-refractivity contribution in [2.24, 2.45) is 5.92 Å². The minimum absolute atomic E-state index is 0.159. The Bertz CT molecular complexity index is 491. The van der Waals surface area contributed by atoms with Crippen LogP contribution in [-0.2, 0) is 4.79 Å². The first-order chi connectivity index (χ1) is 9.10. The van der Waals surface area contributed by atoms with Crippen LogP contribution in [0, 0.1) is 5.92 Å². The average molecular weight is 259 g/mol. The first-order valence-corrected chi connectivity index (χ1v) is 6.63. The second-order valence-electron chi connectivity index (χ2n) is 5.31. The average Bonchev–Trinajstić information content (AvgIpc) is 2.71. The molecule has 1 saturated carbocycles. The Morgan fingerprint density at radius 1 is 1.42 bits per heavy atom. The number of hydrogen-bond acceptors (Lipinski definition) is 3. The van der Waals surface area contributed by atoms with Crippen molar-refractivity contribution < 1.29 is 9.53 Å². The molecule has 1 aromatic carbocycles. The highest BCUT2D eigenvalue weighted by Gasteiger charge is 2.29. The number of allylic oxidation sites excluding steroid dienone is 1. The number of hydrogen-bond donors (Lipinski definition) is 0. The monoisotopic (exact) mass is 259 g/mol. The number of methoxy groups -OCH3 is 1. The summed E-state index contributed by atoms with van der Waals surface area (Å²) in [6, 6.07) is 7.82. The molecule has 19 heavy (non-hydrogen) atoms. The van der Waals surface area contributed by atoms with E-state index in [0.717, 1.165) is 36.3 Å². The third-order valence-electron chi connectivity index (χ3n) is 3.47. The third-order valence-corrected chi connectivity index (χ3v) is 3.47. The highest BCUT2D eigenvalue weighted by Crippen LogP contribution is 2.29. The molecule has 1 aliphatic carbocycles. The first kappa shape index (κ1) is 13.8. The van der Waals surface area contributed by atoms with Crippen molar-refractivity contribution in [3.63, 3.8) is 0 Å². The zero-order chi connectivity index (χ0) is 13.8. The van der Waals surface area contributed by atoms with Gasteiger partial charge in [0.1, 0.15) is 5.75 Å². The maximum atomic E-state index is 12.3. The highest BCUT2D eigenvalue weighted by molar-refractivity contribution is 6.03. The maximum absolute atomic E-state index is 12.3. The van der Waals surface area contributed by atoms with Gasteiger partial charge in [0.25, 0.3) is 0 Å². The summed E-state index contributed by atoms with van der Waals surface area (Å²) >= 11 is 0. The highest BCUT2D eigenvalue weighted by atomic mass is 16.5. The smallest absolute Gasteiger partial charge is 0.163 e. The quantitative estimate of drug-likeness (QED) is 0.778. The van der Waals surface area contributed by atoms with Crippen molar-refractivity contribution in [2.45, 2.75) is 12.8 Å². The summed E-state index contributed by atoms with van der Waals surface area (Å²) in [6.07, 6.45) is 3.85. The van der Waals surface area contributed by atoms with E-state index in [0.29, 0.717) is 5.78 Å². The van der Waals surface area contributed by atoms with E-state index in [4.69, 9.17) is 4.74 Å². The fourth-order valence-corrected chi connectivity index (χ4v) is 2.54. The van der Waals surface area contributed by atoms with Gasteiger partial charge in [0.2, 0.25) is 0 Å². The fraction of sp³-hybridized carbons (Fsp3) is 0.438. The second-order valence-corrected chi connectivity index (χ2v) is 5.31. The third kappa shape index (κ3) is 3.44. The van der Waals surface area contributed by atoms with Gasteiger partial charge in [0.15, 0.2) is 5.78 Å². The van der Waals surface area contributed by atoms with E-state index in [2.05, 4.69) is 4.90 Å². The Labute approximate surface area is 114 Å². The summed E-state index contributed by atoms with van der Waals surface area (Å²) in [5.74, 6) is 1.29. The fourth-order valence-electron chi connectivity index (χ4n) is 2.54. The normalized spacial score (nSPS) is 21.4. The number of nitrogens with zero attached hydrogens (tertiary/aromatic N) is 1. The van der Waals surface area contributed by atoms with Crippen LogP contribution in [-0.4, -0.2) is 38.4 Å². The molecule has 1 aliphatic rings. The number of benzene rings is 1. The van der Waals surface area contributed by atoms with E-state index in [9.17, 15) is 4.79 Å². The van der Waals surface area contributed by atoms with Gasteiger partial charge in [0.05, 0.1) is 7.11 Å².